The van der Waals surface area contributed by atoms with Gasteiger partial charge in [-0.15, -0.1) is 11.8 Å². The monoisotopic (exact) mass is 260 g/mol. The van der Waals surface area contributed by atoms with Crippen molar-refractivity contribution < 1.29 is 0 Å². The van der Waals surface area contributed by atoms with Gasteiger partial charge in [-0.1, -0.05) is 17.7 Å². The number of hydrogen-bond acceptors (Lipinski definition) is 3. The van der Waals surface area contributed by atoms with Crippen LogP contribution in [0.2, 0.25) is 5.02 Å². The Hall–Kier alpha value is -1.50. The highest BCUT2D eigenvalue weighted by molar-refractivity contribution is 7.98. The van der Waals surface area contributed by atoms with Crippen molar-refractivity contribution in [2.45, 2.75) is 10.6 Å². The normalized spacial score (nSPS) is 9.88. The van der Waals surface area contributed by atoms with E-state index in [2.05, 4.69) is 11.1 Å². The zero-order valence-corrected chi connectivity index (χ0v) is 10.5. The molecular formula is C13H9ClN2S. The van der Waals surface area contributed by atoms with Gasteiger partial charge in [0.05, 0.1) is 11.6 Å². The summed E-state index contributed by atoms with van der Waals surface area (Å²) in [5.74, 6) is 0.786. The molecule has 1 heterocycles. The molecule has 4 heteroatoms. The molecule has 0 bridgehead atoms. The minimum absolute atomic E-state index is 0.590. The maximum Gasteiger partial charge on any atom is 0.0992 e. The molecule has 1 aromatic carbocycles. The van der Waals surface area contributed by atoms with E-state index < -0.39 is 0 Å². The van der Waals surface area contributed by atoms with Crippen molar-refractivity contribution in [3.63, 3.8) is 0 Å². The number of pyridine rings is 1. The Balaban J connectivity index is 2.08. The zero-order valence-electron chi connectivity index (χ0n) is 8.93. The minimum atomic E-state index is 0.590. The molecule has 0 aliphatic rings. The van der Waals surface area contributed by atoms with Crippen molar-refractivity contribution in [1.29, 1.82) is 5.26 Å². The Morgan fingerprint density at radius 3 is 2.65 bits per heavy atom. The smallest absolute Gasteiger partial charge is 0.0992 e. The summed E-state index contributed by atoms with van der Waals surface area (Å²) in [4.78, 5) is 5.12. The van der Waals surface area contributed by atoms with Crippen molar-refractivity contribution in [3.05, 3.63) is 58.9 Å². The summed E-state index contributed by atoms with van der Waals surface area (Å²) in [6, 6.07) is 11.4. The molecular weight excluding hydrogens is 252 g/mol. The van der Waals surface area contributed by atoms with E-state index in [0.717, 1.165) is 16.2 Å². The summed E-state index contributed by atoms with van der Waals surface area (Å²) in [5.41, 5.74) is 1.63. The number of rotatable bonds is 3. The minimum Gasteiger partial charge on any atom is -0.265 e. The van der Waals surface area contributed by atoms with E-state index >= 15 is 0 Å². The predicted molar refractivity (Wildman–Crippen MR) is 70.0 cm³/mol. The van der Waals surface area contributed by atoms with Crippen LogP contribution in [0.5, 0.6) is 0 Å². The predicted octanol–water partition coefficient (Wildman–Crippen LogP) is 3.90. The maximum atomic E-state index is 8.74. The largest absolute Gasteiger partial charge is 0.265 e. The van der Waals surface area contributed by atoms with E-state index in [4.69, 9.17) is 16.9 Å². The van der Waals surface area contributed by atoms with E-state index in [1.54, 1.807) is 36.3 Å². The first-order chi connectivity index (χ1) is 8.29. The fourth-order valence-electron chi connectivity index (χ4n) is 1.33. The van der Waals surface area contributed by atoms with E-state index in [9.17, 15) is 0 Å². The third-order valence-electron chi connectivity index (χ3n) is 2.23. The van der Waals surface area contributed by atoms with Gasteiger partial charge in [-0.3, -0.25) is 4.98 Å². The van der Waals surface area contributed by atoms with Gasteiger partial charge in [0.2, 0.25) is 0 Å². The van der Waals surface area contributed by atoms with Crippen LogP contribution in [0.4, 0.5) is 0 Å². The molecule has 0 N–H and O–H groups in total. The Labute approximate surface area is 109 Å². The lowest BCUT2D eigenvalue weighted by Crippen LogP contribution is -1.84. The Morgan fingerprint density at radius 2 is 2.00 bits per heavy atom. The highest BCUT2D eigenvalue weighted by Crippen LogP contribution is 2.26. The lowest BCUT2D eigenvalue weighted by atomic mass is 10.2. The standard InChI is InChI=1S/C13H9ClN2S/c14-13-7-10(8-15)1-2-11(13)9-17-12-3-5-16-6-4-12/h1-7H,9H2. The van der Waals surface area contributed by atoms with Crippen LogP contribution >= 0.6 is 23.4 Å². The van der Waals surface area contributed by atoms with Crippen LogP contribution in [0.3, 0.4) is 0 Å². The average Bonchev–Trinajstić information content (AvgIpc) is 2.38. The van der Waals surface area contributed by atoms with E-state index in [1.165, 1.54) is 0 Å². The lowest BCUT2D eigenvalue weighted by molar-refractivity contribution is 1.26. The van der Waals surface area contributed by atoms with Gasteiger partial charge in [0, 0.05) is 28.1 Å². The third kappa shape index (κ3) is 3.23. The second-order valence-electron chi connectivity index (χ2n) is 3.39. The molecule has 0 saturated carbocycles. The maximum absolute atomic E-state index is 8.74. The molecule has 17 heavy (non-hydrogen) atoms. The molecule has 0 fully saturated rings. The number of aromatic nitrogens is 1. The molecule has 0 spiro atoms. The summed E-state index contributed by atoms with van der Waals surface area (Å²) in [5, 5.41) is 9.38. The molecule has 2 nitrogen and oxygen atoms in total. The molecule has 1 aromatic heterocycles. The molecule has 0 saturated heterocycles. The number of hydrogen-bond donors (Lipinski definition) is 0. The number of thioether (sulfide) groups is 1. The third-order valence-corrected chi connectivity index (χ3v) is 3.64. The Bertz CT molecular complexity index is 549. The second kappa shape index (κ2) is 5.72. The van der Waals surface area contributed by atoms with E-state index in [1.807, 2.05) is 18.2 Å². The first-order valence-corrected chi connectivity index (χ1v) is 6.37. The van der Waals surface area contributed by atoms with Crippen LogP contribution in [-0.4, -0.2) is 4.98 Å². The molecule has 0 unspecified atom stereocenters. The van der Waals surface area contributed by atoms with Gasteiger partial charge in [-0.2, -0.15) is 5.26 Å². The van der Waals surface area contributed by atoms with E-state index in [0.29, 0.717) is 10.6 Å². The van der Waals surface area contributed by atoms with Crippen molar-refractivity contribution in [1.82, 2.24) is 4.98 Å². The fraction of sp³-hybridized carbons (Fsp3) is 0.0769. The molecule has 0 aliphatic heterocycles. The van der Waals surface area contributed by atoms with Crippen molar-refractivity contribution in [2.75, 3.05) is 0 Å². The quantitative estimate of drug-likeness (QED) is 0.786. The second-order valence-corrected chi connectivity index (χ2v) is 4.85. The van der Waals surface area contributed by atoms with Crippen LogP contribution < -0.4 is 0 Å². The van der Waals surface area contributed by atoms with Crippen molar-refractivity contribution in [2.24, 2.45) is 0 Å². The molecule has 2 rings (SSSR count). The average molecular weight is 261 g/mol. The first-order valence-electron chi connectivity index (χ1n) is 5.01. The van der Waals surface area contributed by atoms with Crippen LogP contribution in [0.1, 0.15) is 11.1 Å². The number of halogens is 1. The van der Waals surface area contributed by atoms with Crippen molar-refractivity contribution in [3.8, 4) is 6.07 Å². The SMILES string of the molecule is N#Cc1ccc(CSc2ccncc2)c(Cl)c1. The fourth-order valence-corrected chi connectivity index (χ4v) is 2.54. The van der Waals surface area contributed by atoms with Gasteiger partial charge in [0.25, 0.3) is 0 Å². The van der Waals surface area contributed by atoms with Gasteiger partial charge in [0.1, 0.15) is 0 Å². The Kier molecular flexibility index (Phi) is 4.03. The van der Waals surface area contributed by atoms with Crippen LogP contribution in [0.15, 0.2) is 47.6 Å². The molecule has 0 atom stereocenters. The Morgan fingerprint density at radius 1 is 1.24 bits per heavy atom. The summed E-state index contributed by atoms with van der Waals surface area (Å²) < 4.78 is 0. The summed E-state index contributed by atoms with van der Waals surface area (Å²) >= 11 is 7.79. The zero-order chi connectivity index (χ0) is 12.1. The highest BCUT2D eigenvalue weighted by atomic mass is 35.5. The molecule has 84 valence electrons. The van der Waals surface area contributed by atoms with E-state index in [-0.39, 0.29) is 0 Å². The van der Waals surface area contributed by atoms with Gasteiger partial charge in [-0.05, 0) is 29.8 Å². The number of nitriles is 1. The molecule has 2 aromatic rings. The summed E-state index contributed by atoms with van der Waals surface area (Å²) in [6.45, 7) is 0. The van der Waals surface area contributed by atoms with Gasteiger partial charge < -0.3 is 0 Å². The van der Waals surface area contributed by atoms with Crippen LogP contribution in [-0.2, 0) is 5.75 Å². The van der Waals surface area contributed by atoms with Crippen LogP contribution in [0, 0.1) is 11.3 Å². The molecule has 0 aliphatic carbocycles. The number of benzene rings is 1. The highest BCUT2D eigenvalue weighted by Gasteiger charge is 2.02. The van der Waals surface area contributed by atoms with Crippen LogP contribution in [0.25, 0.3) is 0 Å². The van der Waals surface area contributed by atoms with Crippen molar-refractivity contribution >= 4 is 23.4 Å². The summed E-state index contributed by atoms with van der Waals surface area (Å²) in [6.07, 6.45) is 3.53. The van der Waals surface area contributed by atoms with Gasteiger partial charge >= 0.3 is 0 Å². The topological polar surface area (TPSA) is 36.7 Å². The summed E-state index contributed by atoms with van der Waals surface area (Å²) in [7, 11) is 0. The number of nitrogens with zero attached hydrogens (tertiary/aromatic N) is 2. The first kappa shape index (κ1) is 12.0. The lowest BCUT2D eigenvalue weighted by Gasteiger charge is -2.04. The van der Waals surface area contributed by atoms with Gasteiger partial charge in [0.15, 0.2) is 0 Å². The molecule has 0 amide bonds. The molecule has 0 radical (unpaired) electrons. The van der Waals surface area contributed by atoms with Gasteiger partial charge in [-0.25, -0.2) is 0 Å².